The van der Waals surface area contributed by atoms with Crippen LogP contribution in [0, 0.1) is 5.92 Å². The van der Waals surface area contributed by atoms with E-state index in [4.69, 9.17) is 0 Å². The van der Waals surface area contributed by atoms with Crippen LogP contribution in [0.25, 0.3) is 0 Å². The fourth-order valence-electron chi connectivity index (χ4n) is 2.48. The predicted molar refractivity (Wildman–Crippen MR) is 60.7 cm³/mol. The number of alkyl halides is 2. The van der Waals surface area contributed by atoms with Crippen molar-refractivity contribution in [2.24, 2.45) is 5.92 Å². The van der Waals surface area contributed by atoms with E-state index in [9.17, 15) is 13.9 Å². The van der Waals surface area contributed by atoms with Gasteiger partial charge in [0.25, 0.3) is 5.92 Å². The van der Waals surface area contributed by atoms with E-state index in [1.54, 1.807) is 11.9 Å². The fourth-order valence-corrected chi connectivity index (χ4v) is 2.48. The lowest BCUT2D eigenvalue weighted by Crippen LogP contribution is -2.47. The zero-order valence-electron chi connectivity index (χ0n) is 10.4. The Morgan fingerprint density at radius 2 is 2.00 bits per heavy atom. The summed E-state index contributed by atoms with van der Waals surface area (Å²) < 4.78 is 26.6. The second-order valence-electron chi connectivity index (χ2n) is 5.14. The van der Waals surface area contributed by atoms with E-state index in [0.29, 0.717) is 12.3 Å². The maximum Gasteiger partial charge on any atom is 0.260 e. The summed E-state index contributed by atoms with van der Waals surface area (Å²) in [6.45, 7) is 3.38. The number of rotatable bonds is 4. The molecule has 0 aromatic carbocycles. The van der Waals surface area contributed by atoms with Crippen LogP contribution in [0.3, 0.4) is 0 Å². The van der Waals surface area contributed by atoms with Gasteiger partial charge in [-0.2, -0.15) is 0 Å². The highest BCUT2D eigenvalue weighted by molar-refractivity contribution is 4.85. The molecule has 1 saturated carbocycles. The summed E-state index contributed by atoms with van der Waals surface area (Å²) in [5.74, 6) is -2.22. The Bertz CT molecular complexity index is 223. The number of halogens is 2. The number of hydrogen-bond donors (Lipinski definition) is 1. The zero-order valence-corrected chi connectivity index (χ0v) is 10.4. The van der Waals surface area contributed by atoms with Gasteiger partial charge in [0, 0.05) is 12.5 Å². The monoisotopic (exact) mass is 235 g/mol. The van der Waals surface area contributed by atoms with E-state index in [1.807, 2.05) is 0 Å². The Morgan fingerprint density at radius 1 is 1.38 bits per heavy atom. The van der Waals surface area contributed by atoms with Crippen LogP contribution in [0.1, 0.15) is 39.5 Å². The lowest BCUT2D eigenvalue weighted by molar-refractivity contribution is -0.0552. The van der Waals surface area contributed by atoms with Gasteiger partial charge >= 0.3 is 0 Å². The average Bonchev–Trinajstić information content (AvgIpc) is 2.21. The Labute approximate surface area is 96.6 Å². The van der Waals surface area contributed by atoms with Crippen molar-refractivity contribution in [2.45, 2.75) is 57.6 Å². The van der Waals surface area contributed by atoms with Crippen molar-refractivity contribution < 1.29 is 13.9 Å². The molecule has 0 aromatic heterocycles. The second-order valence-corrected chi connectivity index (χ2v) is 5.14. The third-order valence-electron chi connectivity index (χ3n) is 3.69. The van der Waals surface area contributed by atoms with Gasteiger partial charge in [0.15, 0.2) is 0 Å². The molecule has 4 heteroatoms. The van der Waals surface area contributed by atoms with Crippen LogP contribution in [0.4, 0.5) is 8.78 Å². The molecule has 1 fully saturated rings. The van der Waals surface area contributed by atoms with Crippen LogP contribution in [-0.2, 0) is 0 Å². The minimum absolute atomic E-state index is 0.0844. The molecule has 1 N–H and O–H groups in total. The Balaban J connectivity index is 2.54. The van der Waals surface area contributed by atoms with Gasteiger partial charge in [0.2, 0.25) is 0 Å². The van der Waals surface area contributed by atoms with E-state index in [1.165, 1.54) is 6.92 Å². The van der Waals surface area contributed by atoms with E-state index in [0.717, 1.165) is 12.8 Å². The number of hydrogen-bond acceptors (Lipinski definition) is 2. The molecule has 1 aliphatic rings. The maximum atomic E-state index is 13.3. The Kier molecular flexibility index (Phi) is 4.68. The normalized spacial score (nSPS) is 32.1. The first kappa shape index (κ1) is 13.8. The maximum absolute atomic E-state index is 13.3. The smallest absolute Gasteiger partial charge is 0.260 e. The van der Waals surface area contributed by atoms with Gasteiger partial charge in [-0.15, -0.1) is 0 Å². The highest BCUT2D eigenvalue weighted by Gasteiger charge is 2.35. The second kappa shape index (κ2) is 5.41. The van der Waals surface area contributed by atoms with Crippen LogP contribution in [0.2, 0.25) is 0 Å². The summed E-state index contributed by atoms with van der Waals surface area (Å²) in [7, 11) is 1.74. The molecular weight excluding hydrogens is 212 g/mol. The molecule has 1 rings (SSSR count). The molecule has 0 bridgehead atoms. The molecule has 3 atom stereocenters. The molecule has 0 spiro atoms. The summed E-state index contributed by atoms with van der Waals surface area (Å²) in [5.41, 5.74) is 0. The molecule has 0 aliphatic heterocycles. The lowest BCUT2D eigenvalue weighted by Gasteiger charge is -2.39. The summed E-state index contributed by atoms with van der Waals surface area (Å²) in [4.78, 5) is 1.72. The van der Waals surface area contributed by atoms with Crippen LogP contribution in [-0.4, -0.2) is 41.7 Å². The molecule has 0 heterocycles. The molecular formula is C12H23F2NO. The van der Waals surface area contributed by atoms with Crippen molar-refractivity contribution in [2.75, 3.05) is 13.6 Å². The topological polar surface area (TPSA) is 23.5 Å². The molecule has 0 aromatic rings. The van der Waals surface area contributed by atoms with Crippen molar-refractivity contribution in [1.29, 1.82) is 0 Å². The first-order chi connectivity index (χ1) is 7.35. The van der Waals surface area contributed by atoms with Gasteiger partial charge in [0.1, 0.15) is 0 Å². The molecule has 0 radical (unpaired) electrons. The van der Waals surface area contributed by atoms with Gasteiger partial charge in [-0.25, -0.2) is 8.78 Å². The van der Waals surface area contributed by atoms with E-state index < -0.39 is 5.92 Å². The molecule has 0 saturated heterocycles. The molecule has 3 unspecified atom stereocenters. The third-order valence-corrected chi connectivity index (χ3v) is 3.69. The highest BCUT2D eigenvalue weighted by Crippen LogP contribution is 2.30. The quantitative estimate of drug-likeness (QED) is 0.809. The van der Waals surface area contributed by atoms with Crippen molar-refractivity contribution in [3.8, 4) is 0 Å². The molecule has 0 amide bonds. The minimum atomic E-state index is -2.61. The minimum Gasteiger partial charge on any atom is -0.393 e. The first-order valence-electron chi connectivity index (χ1n) is 6.12. The summed E-state index contributed by atoms with van der Waals surface area (Å²) in [6, 6.07) is 0.0844. The van der Waals surface area contributed by atoms with Crippen LogP contribution < -0.4 is 0 Å². The number of nitrogens with zero attached hydrogens (tertiary/aromatic N) is 1. The van der Waals surface area contributed by atoms with Crippen molar-refractivity contribution >= 4 is 0 Å². The summed E-state index contributed by atoms with van der Waals surface area (Å²) in [5, 5.41) is 9.59. The van der Waals surface area contributed by atoms with E-state index in [-0.39, 0.29) is 25.1 Å². The lowest BCUT2D eigenvalue weighted by atomic mass is 9.83. The van der Waals surface area contributed by atoms with Crippen molar-refractivity contribution in [3.63, 3.8) is 0 Å². The third kappa shape index (κ3) is 3.67. The van der Waals surface area contributed by atoms with Crippen molar-refractivity contribution in [1.82, 2.24) is 4.90 Å². The molecule has 2 nitrogen and oxygen atoms in total. The summed E-state index contributed by atoms with van der Waals surface area (Å²) >= 11 is 0. The van der Waals surface area contributed by atoms with E-state index in [2.05, 4.69) is 6.92 Å². The van der Waals surface area contributed by atoms with Gasteiger partial charge < -0.3 is 5.11 Å². The first-order valence-corrected chi connectivity index (χ1v) is 6.12. The van der Waals surface area contributed by atoms with Gasteiger partial charge in [-0.3, -0.25) is 4.90 Å². The van der Waals surface area contributed by atoms with Crippen LogP contribution in [0.5, 0.6) is 0 Å². The van der Waals surface area contributed by atoms with Gasteiger partial charge in [-0.1, -0.05) is 13.8 Å². The fraction of sp³-hybridized carbons (Fsp3) is 1.00. The number of aliphatic hydroxyl groups excluding tert-OH is 1. The Hall–Kier alpha value is -0.220. The predicted octanol–water partition coefficient (Wildman–Crippen LogP) is 2.51. The van der Waals surface area contributed by atoms with Crippen LogP contribution in [0.15, 0.2) is 0 Å². The SMILES string of the molecule is CCC(F)(F)CN(C)C1CC(O)CCC1C. The zero-order chi connectivity index (χ0) is 12.3. The summed E-state index contributed by atoms with van der Waals surface area (Å²) in [6.07, 6.45) is 1.90. The largest absolute Gasteiger partial charge is 0.393 e. The van der Waals surface area contributed by atoms with E-state index >= 15 is 0 Å². The average molecular weight is 235 g/mol. The standard InChI is InChI=1S/C12H23F2NO/c1-4-12(13,14)8-15(3)11-7-10(16)6-5-9(11)2/h9-11,16H,4-8H2,1-3H3. The van der Waals surface area contributed by atoms with Gasteiger partial charge in [-0.05, 0) is 32.2 Å². The Morgan fingerprint density at radius 3 is 2.56 bits per heavy atom. The molecule has 1 aliphatic carbocycles. The van der Waals surface area contributed by atoms with Crippen LogP contribution >= 0.6 is 0 Å². The van der Waals surface area contributed by atoms with Crippen molar-refractivity contribution in [3.05, 3.63) is 0 Å². The molecule has 16 heavy (non-hydrogen) atoms. The highest BCUT2D eigenvalue weighted by atomic mass is 19.3. The molecule has 96 valence electrons. The number of aliphatic hydroxyl groups is 1. The van der Waals surface area contributed by atoms with Gasteiger partial charge in [0.05, 0.1) is 12.6 Å².